The number of benzene rings is 1. The molecule has 3 aliphatic rings. The van der Waals surface area contributed by atoms with Crippen molar-refractivity contribution < 1.29 is 14.7 Å². The van der Waals surface area contributed by atoms with Crippen LogP contribution < -0.4 is 15.5 Å². The first-order valence-corrected chi connectivity index (χ1v) is 14.7. The van der Waals surface area contributed by atoms with E-state index in [0.29, 0.717) is 17.4 Å². The van der Waals surface area contributed by atoms with E-state index in [1.165, 1.54) is 12.5 Å². The number of carbonyl (C=O) groups excluding carboxylic acids is 1. The first-order chi connectivity index (χ1) is 20.3. The van der Waals surface area contributed by atoms with E-state index in [2.05, 4.69) is 43.6 Å². The van der Waals surface area contributed by atoms with E-state index < -0.39 is 5.97 Å². The number of carbonyl (C=O) groups is 2. The molecule has 10 heteroatoms. The first-order valence-electron chi connectivity index (χ1n) is 14.7. The Labute approximate surface area is 245 Å². The van der Waals surface area contributed by atoms with Gasteiger partial charge in [0.05, 0.1) is 11.9 Å². The Morgan fingerprint density at radius 1 is 1.02 bits per heavy atom. The second kappa shape index (κ2) is 11.4. The van der Waals surface area contributed by atoms with E-state index in [4.69, 9.17) is 0 Å². The van der Waals surface area contributed by atoms with Crippen LogP contribution in [0, 0.1) is 18.3 Å². The maximum atomic E-state index is 13.0. The summed E-state index contributed by atoms with van der Waals surface area (Å²) in [5.74, 6) is 0.183. The number of amides is 1. The number of fused-ring (bicyclic) bond motifs is 1. The van der Waals surface area contributed by atoms with Gasteiger partial charge in [0, 0.05) is 25.2 Å². The molecule has 10 nitrogen and oxygen atoms in total. The van der Waals surface area contributed by atoms with Crippen LogP contribution in [-0.4, -0.2) is 61.7 Å². The van der Waals surface area contributed by atoms with Crippen LogP contribution in [0.1, 0.15) is 65.7 Å². The van der Waals surface area contributed by atoms with E-state index in [-0.39, 0.29) is 34.9 Å². The van der Waals surface area contributed by atoms with Gasteiger partial charge in [0.25, 0.3) is 5.91 Å². The van der Waals surface area contributed by atoms with Crippen LogP contribution in [0.5, 0.6) is 0 Å². The summed E-state index contributed by atoms with van der Waals surface area (Å²) >= 11 is 0. The van der Waals surface area contributed by atoms with Gasteiger partial charge in [-0.3, -0.25) is 4.79 Å². The lowest BCUT2D eigenvalue weighted by molar-refractivity contribution is -0.0159. The number of pyridine rings is 2. The molecular formula is C32H37N7O3. The molecule has 2 saturated carbocycles. The van der Waals surface area contributed by atoms with Gasteiger partial charge in [-0.05, 0) is 74.1 Å². The van der Waals surface area contributed by atoms with Crippen LogP contribution in [0.4, 0.5) is 11.5 Å². The third-order valence-electron chi connectivity index (χ3n) is 8.86. The summed E-state index contributed by atoms with van der Waals surface area (Å²) in [6.07, 6.45) is 6.99. The van der Waals surface area contributed by atoms with E-state index in [9.17, 15) is 14.7 Å². The number of aromatic carboxylic acids is 1. The number of aryl methyl sites for hydroxylation is 1. The lowest BCUT2D eigenvalue weighted by Crippen LogP contribution is -2.62. The molecule has 3 N–H and O–H groups in total. The number of nitrogens with one attached hydrogen (secondary N) is 2. The average molecular weight is 568 g/mol. The van der Waals surface area contributed by atoms with Crippen molar-refractivity contribution in [1.29, 1.82) is 0 Å². The molecule has 1 saturated heterocycles. The quantitative estimate of drug-likeness (QED) is 0.303. The number of anilines is 2. The van der Waals surface area contributed by atoms with Gasteiger partial charge >= 0.3 is 5.97 Å². The molecule has 7 rings (SSSR count). The number of hydrogen-bond donors (Lipinski definition) is 3. The number of aromatic nitrogens is 4. The van der Waals surface area contributed by atoms with Crippen molar-refractivity contribution in [3.8, 4) is 0 Å². The second-order valence-electron chi connectivity index (χ2n) is 12.0. The van der Waals surface area contributed by atoms with E-state index in [1.807, 2.05) is 49.5 Å². The first kappa shape index (κ1) is 27.7. The van der Waals surface area contributed by atoms with Crippen LogP contribution in [-0.2, 0) is 0 Å². The summed E-state index contributed by atoms with van der Waals surface area (Å²) in [7, 11) is 0. The van der Waals surface area contributed by atoms with Gasteiger partial charge < -0.3 is 20.6 Å². The van der Waals surface area contributed by atoms with Gasteiger partial charge in [0.2, 0.25) is 5.82 Å². The minimum absolute atomic E-state index is 0.0319. The standard InChI is InChI=1S/C26H31N7O3.C6H6/c1-15-7-9-32(13-15)18-10-16(2)23-30-22(31-33(23)14-18)24(34)27-17-11-26(12-17)8-6-20(26)29-21-5-3-4-19(28-21)25(35)36;1-2-4-6-5-3-1/h3-5,10,14-15,17,20H,6-9,11-13H2,1-2H3,(H,27,34)(H,28,29)(H,35,36);1-6H. The molecule has 1 aliphatic heterocycles. The van der Waals surface area contributed by atoms with Gasteiger partial charge in [-0.15, -0.1) is 5.10 Å². The molecule has 0 radical (unpaired) electrons. The topological polar surface area (TPSA) is 125 Å². The summed E-state index contributed by atoms with van der Waals surface area (Å²) in [5.41, 5.74) is 2.98. The molecule has 4 heterocycles. The molecule has 1 spiro atoms. The highest BCUT2D eigenvalue weighted by molar-refractivity contribution is 5.91. The van der Waals surface area contributed by atoms with Crippen LogP contribution in [0.3, 0.4) is 0 Å². The molecule has 3 aromatic heterocycles. The van der Waals surface area contributed by atoms with Crippen molar-refractivity contribution >= 4 is 29.0 Å². The SMILES string of the molecule is Cc1cc(N2CCC(C)C2)cn2nc(C(=O)NC3CC4(CCC4Nc4cccc(C(=O)O)n4)C3)nc12.c1ccccc1. The molecule has 1 amide bonds. The Hall–Kier alpha value is -4.47. The minimum atomic E-state index is -1.04. The van der Waals surface area contributed by atoms with Gasteiger partial charge in [0.15, 0.2) is 11.3 Å². The Kier molecular flexibility index (Phi) is 7.53. The molecular weight excluding hydrogens is 530 g/mol. The molecule has 2 unspecified atom stereocenters. The predicted molar refractivity (Wildman–Crippen MR) is 161 cm³/mol. The van der Waals surface area contributed by atoms with Crippen molar-refractivity contribution in [2.24, 2.45) is 11.3 Å². The summed E-state index contributed by atoms with van der Waals surface area (Å²) in [4.78, 5) is 35.2. The maximum absolute atomic E-state index is 13.0. The predicted octanol–water partition coefficient (Wildman–Crippen LogP) is 4.82. The van der Waals surface area contributed by atoms with Crippen molar-refractivity contribution in [2.75, 3.05) is 23.3 Å². The fourth-order valence-electron chi connectivity index (χ4n) is 6.45. The highest BCUT2D eigenvalue weighted by Crippen LogP contribution is 2.56. The van der Waals surface area contributed by atoms with Crippen molar-refractivity contribution in [2.45, 2.75) is 58.0 Å². The van der Waals surface area contributed by atoms with Gasteiger partial charge in [-0.2, -0.15) is 0 Å². The molecule has 2 aliphatic carbocycles. The van der Waals surface area contributed by atoms with Gasteiger partial charge in [-0.1, -0.05) is 49.4 Å². The summed E-state index contributed by atoms with van der Waals surface area (Å²) in [6, 6.07) is 19.4. The lowest BCUT2D eigenvalue weighted by Gasteiger charge is -2.59. The summed E-state index contributed by atoms with van der Waals surface area (Å²) in [5, 5.41) is 20.2. The largest absolute Gasteiger partial charge is 0.477 e. The van der Waals surface area contributed by atoms with Crippen molar-refractivity contribution in [1.82, 2.24) is 24.9 Å². The highest BCUT2D eigenvalue weighted by atomic mass is 16.4. The minimum Gasteiger partial charge on any atom is -0.477 e. The Balaban J connectivity index is 0.000000470. The zero-order valence-corrected chi connectivity index (χ0v) is 24.0. The Morgan fingerprint density at radius 2 is 1.76 bits per heavy atom. The number of carboxylic acids is 1. The lowest BCUT2D eigenvalue weighted by atomic mass is 9.51. The monoisotopic (exact) mass is 567 g/mol. The van der Waals surface area contributed by atoms with Crippen LogP contribution in [0.15, 0.2) is 66.9 Å². The van der Waals surface area contributed by atoms with Crippen LogP contribution >= 0.6 is 0 Å². The van der Waals surface area contributed by atoms with E-state index in [0.717, 1.165) is 50.0 Å². The normalized spacial score (nSPS) is 24.3. The number of hydrogen-bond acceptors (Lipinski definition) is 7. The molecule has 0 bridgehead atoms. The molecule has 1 aromatic carbocycles. The molecule has 42 heavy (non-hydrogen) atoms. The summed E-state index contributed by atoms with van der Waals surface area (Å²) in [6.45, 7) is 6.35. The van der Waals surface area contributed by atoms with E-state index >= 15 is 0 Å². The third kappa shape index (κ3) is 5.66. The van der Waals surface area contributed by atoms with E-state index in [1.54, 1.807) is 16.6 Å². The third-order valence-corrected chi connectivity index (χ3v) is 8.86. The van der Waals surface area contributed by atoms with Gasteiger partial charge in [-0.25, -0.2) is 19.3 Å². The van der Waals surface area contributed by atoms with Gasteiger partial charge in [0.1, 0.15) is 5.82 Å². The Morgan fingerprint density at radius 3 is 2.38 bits per heavy atom. The van der Waals surface area contributed by atoms with Crippen LogP contribution in [0.25, 0.3) is 5.65 Å². The highest BCUT2D eigenvalue weighted by Gasteiger charge is 2.55. The molecule has 4 aromatic rings. The molecule has 2 atom stereocenters. The fraction of sp³-hybridized carbons (Fsp3) is 0.406. The second-order valence-corrected chi connectivity index (χ2v) is 12.0. The number of carboxylic acid groups (broad SMARTS) is 1. The number of rotatable bonds is 6. The maximum Gasteiger partial charge on any atom is 0.354 e. The molecule has 218 valence electrons. The summed E-state index contributed by atoms with van der Waals surface area (Å²) < 4.78 is 1.73. The zero-order chi connectivity index (χ0) is 29.3. The Bertz CT molecular complexity index is 1560. The average Bonchev–Trinajstić information content (AvgIpc) is 3.61. The smallest absolute Gasteiger partial charge is 0.354 e. The molecule has 3 fully saturated rings. The van der Waals surface area contributed by atoms with Crippen molar-refractivity contribution in [3.05, 3.63) is 83.9 Å². The number of nitrogens with zero attached hydrogens (tertiary/aromatic N) is 5. The van der Waals surface area contributed by atoms with Crippen LogP contribution in [0.2, 0.25) is 0 Å². The fourth-order valence-corrected chi connectivity index (χ4v) is 6.45. The van der Waals surface area contributed by atoms with Crippen molar-refractivity contribution in [3.63, 3.8) is 0 Å². The zero-order valence-electron chi connectivity index (χ0n) is 24.0.